The minimum absolute atomic E-state index is 0.0816. The van der Waals surface area contributed by atoms with Crippen LogP contribution in [0.3, 0.4) is 0 Å². The highest BCUT2D eigenvalue weighted by atomic mass is 35.5. The molecule has 0 amide bonds. The van der Waals surface area contributed by atoms with Gasteiger partial charge in [0.1, 0.15) is 0 Å². The Labute approximate surface area is 114 Å². The third kappa shape index (κ3) is 3.98. The van der Waals surface area contributed by atoms with Crippen LogP contribution in [0, 0.1) is 0 Å². The van der Waals surface area contributed by atoms with Crippen LogP contribution in [0.5, 0.6) is 0 Å². The van der Waals surface area contributed by atoms with E-state index in [1.165, 1.54) is 5.56 Å². The zero-order valence-corrected chi connectivity index (χ0v) is 11.7. The molecule has 0 heterocycles. The molecule has 1 aromatic carbocycles. The molecule has 1 atom stereocenters. The number of nitrogens with one attached hydrogen (secondary N) is 1. The molecule has 1 saturated carbocycles. The molecular weight excluding hydrogens is 246 g/mol. The van der Waals surface area contributed by atoms with Crippen LogP contribution in [0.4, 0.5) is 0 Å². The van der Waals surface area contributed by atoms with Crippen molar-refractivity contribution in [2.45, 2.75) is 57.2 Å². The van der Waals surface area contributed by atoms with Gasteiger partial charge in [-0.05, 0) is 50.7 Å². The smallest absolute Gasteiger partial charge is 0.0541 e. The highest BCUT2D eigenvalue weighted by Crippen LogP contribution is 2.20. The van der Waals surface area contributed by atoms with Gasteiger partial charge in [-0.15, -0.1) is 0 Å². The number of hydrogen-bond donors (Lipinski definition) is 2. The first-order valence-corrected chi connectivity index (χ1v) is 7.20. The maximum absolute atomic E-state index is 9.49. The summed E-state index contributed by atoms with van der Waals surface area (Å²) in [6.07, 6.45) is 4.88. The Balaban J connectivity index is 1.82. The Hall–Kier alpha value is -0.570. The summed E-state index contributed by atoms with van der Waals surface area (Å²) < 4.78 is 0. The van der Waals surface area contributed by atoms with Crippen LogP contribution < -0.4 is 5.32 Å². The molecule has 1 fully saturated rings. The van der Waals surface area contributed by atoms with Gasteiger partial charge in [0, 0.05) is 17.1 Å². The van der Waals surface area contributed by atoms with E-state index in [1.807, 2.05) is 18.2 Å². The zero-order valence-electron chi connectivity index (χ0n) is 10.9. The molecule has 1 aromatic rings. The Morgan fingerprint density at radius 1 is 1.28 bits per heavy atom. The van der Waals surface area contributed by atoms with Crippen molar-refractivity contribution in [2.24, 2.45) is 0 Å². The first-order valence-electron chi connectivity index (χ1n) is 6.82. The van der Waals surface area contributed by atoms with E-state index in [0.29, 0.717) is 12.1 Å². The van der Waals surface area contributed by atoms with Crippen molar-refractivity contribution in [1.82, 2.24) is 5.32 Å². The first-order chi connectivity index (χ1) is 8.65. The molecule has 0 bridgehead atoms. The second kappa shape index (κ2) is 6.55. The van der Waals surface area contributed by atoms with Crippen molar-refractivity contribution in [3.05, 3.63) is 34.9 Å². The fraction of sp³-hybridized carbons (Fsp3) is 0.600. The number of rotatable bonds is 4. The minimum atomic E-state index is -0.0816. The molecule has 1 aliphatic rings. The monoisotopic (exact) mass is 267 g/mol. The average molecular weight is 268 g/mol. The number of hydrogen-bond acceptors (Lipinski definition) is 2. The predicted molar refractivity (Wildman–Crippen MR) is 76.0 cm³/mol. The van der Waals surface area contributed by atoms with E-state index in [-0.39, 0.29) is 6.10 Å². The van der Waals surface area contributed by atoms with Crippen molar-refractivity contribution in [2.75, 3.05) is 0 Å². The van der Waals surface area contributed by atoms with Crippen molar-refractivity contribution in [3.8, 4) is 0 Å². The minimum Gasteiger partial charge on any atom is -0.393 e. The third-order valence-electron chi connectivity index (χ3n) is 3.70. The summed E-state index contributed by atoms with van der Waals surface area (Å²) in [6, 6.07) is 9.00. The number of benzene rings is 1. The molecule has 0 spiro atoms. The van der Waals surface area contributed by atoms with Crippen LogP contribution >= 0.6 is 11.6 Å². The second-order valence-corrected chi connectivity index (χ2v) is 5.78. The van der Waals surface area contributed by atoms with Crippen LogP contribution in [0.2, 0.25) is 5.02 Å². The summed E-state index contributed by atoms with van der Waals surface area (Å²) in [6.45, 7) is 2.20. The van der Waals surface area contributed by atoms with Crippen LogP contribution in [-0.4, -0.2) is 23.3 Å². The van der Waals surface area contributed by atoms with Crippen LogP contribution in [0.25, 0.3) is 0 Å². The lowest BCUT2D eigenvalue weighted by Gasteiger charge is -2.29. The fourth-order valence-corrected chi connectivity index (χ4v) is 2.91. The highest BCUT2D eigenvalue weighted by molar-refractivity contribution is 6.31. The third-order valence-corrected chi connectivity index (χ3v) is 4.07. The molecule has 0 saturated heterocycles. The van der Waals surface area contributed by atoms with Gasteiger partial charge in [-0.3, -0.25) is 0 Å². The highest BCUT2D eigenvalue weighted by Gasteiger charge is 2.20. The van der Waals surface area contributed by atoms with Gasteiger partial charge in [0.15, 0.2) is 0 Å². The first kappa shape index (κ1) is 13.9. The number of halogens is 1. The predicted octanol–water partition coefficient (Wildman–Crippen LogP) is 3.16. The second-order valence-electron chi connectivity index (χ2n) is 5.37. The maximum Gasteiger partial charge on any atom is 0.0541 e. The molecular formula is C15H22ClNO. The zero-order chi connectivity index (χ0) is 13.0. The van der Waals surface area contributed by atoms with Gasteiger partial charge in [0.25, 0.3) is 0 Å². The maximum atomic E-state index is 9.49. The van der Waals surface area contributed by atoms with Crippen LogP contribution in [0.1, 0.15) is 38.2 Å². The molecule has 2 N–H and O–H groups in total. The topological polar surface area (TPSA) is 32.3 Å². The Morgan fingerprint density at radius 3 is 2.61 bits per heavy atom. The van der Waals surface area contributed by atoms with E-state index in [2.05, 4.69) is 18.3 Å². The summed E-state index contributed by atoms with van der Waals surface area (Å²) in [5.74, 6) is 0. The normalized spacial score (nSPS) is 25.9. The van der Waals surface area contributed by atoms with E-state index in [9.17, 15) is 5.11 Å². The van der Waals surface area contributed by atoms with Gasteiger partial charge >= 0.3 is 0 Å². The van der Waals surface area contributed by atoms with E-state index in [1.54, 1.807) is 0 Å². The largest absolute Gasteiger partial charge is 0.393 e. The van der Waals surface area contributed by atoms with Gasteiger partial charge < -0.3 is 10.4 Å². The summed E-state index contributed by atoms with van der Waals surface area (Å²) in [5, 5.41) is 14.0. The lowest BCUT2D eigenvalue weighted by Crippen LogP contribution is -2.40. The molecule has 0 radical (unpaired) electrons. The van der Waals surface area contributed by atoms with Gasteiger partial charge in [0.05, 0.1) is 6.10 Å². The van der Waals surface area contributed by atoms with E-state index < -0.39 is 0 Å². The summed E-state index contributed by atoms with van der Waals surface area (Å²) in [4.78, 5) is 0. The van der Waals surface area contributed by atoms with Gasteiger partial charge in [-0.1, -0.05) is 29.8 Å². The van der Waals surface area contributed by atoms with Gasteiger partial charge in [-0.2, -0.15) is 0 Å². The lowest BCUT2D eigenvalue weighted by atomic mass is 9.92. The van der Waals surface area contributed by atoms with Gasteiger partial charge in [0.2, 0.25) is 0 Å². The Kier molecular flexibility index (Phi) is 5.04. The SMILES string of the molecule is CC(Cc1ccccc1Cl)NC1CCC(O)CC1. The van der Waals surface area contributed by atoms with Crippen LogP contribution in [0.15, 0.2) is 24.3 Å². The van der Waals surface area contributed by atoms with Crippen molar-refractivity contribution >= 4 is 11.6 Å². The molecule has 1 aliphatic carbocycles. The summed E-state index contributed by atoms with van der Waals surface area (Å²) in [7, 11) is 0. The molecule has 2 rings (SSSR count). The van der Waals surface area contributed by atoms with Crippen molar-refractivity contribution in [3.63, 3.8) is 0 Å². The molecule has 1 unspecified atom stereocenters. The summed E-state index contributed by atoms with van der Waals surface area (Å²) >= 11 is 6.17. The lowest BCUT2D eigenvalue weighted by molar-refractivity contribution is 0.114. The van der Waals surface area contributed by atoms with Gasteiger partial charge in [-0.25, -0.2) is 0 Å². The molecule has 2 nitrogen and oxygen atoms in total. The molecule has 100 valence electrons. The van der Waals surface area contributed by atoms with Crippen molar-refractivity contribution in [1.29, 1.82) is 0 Å². The molecule has 0 aliphatic heterocycles. The average Bonchev–Trinajstić information content (AvgIpc) is 2.35. The van der Waals surface area contributed by atoms with E-state index in [0.717, 1.165) is 37.1 Å². The molecule has 0 aromatic heterocycles. The molecule has 18 heavy (non-hydrogen) atoms. The van der Waals surface area contributed by atoms with E-state index >= 15 is 0 Å². The Bertz CT molecular complexity index is 375. The fourth-order valence-electron chi connectivity index (χ4n) is 2.70. The van der Waals surface area contributed by atoms with Crippen LogP contribution in [-0.2, 0) is 6.42 Å². The molecule has 3 heteroatoms. The number of aliphatic hydroxyl groups is 1. The van der Waals surface area contributed by atoms with E-state index in [4.69, 9.17) is 11.6 Å². The summed E-state index contributed by atoms with van der Waals surface area (Å²) in [5.41, 5.74) is 1.20. The standard InChI is InChI=1S/C15H22ClNO/c1-11(10-12-4-2-3-5-15(12)16)17-13-6-8-14(18)9-7-13/h2-5,11,13-14,17-18H,6-10H2,1H3. The number of aliphatic hydroxyl groups excluding tert-OH is 1. The Morgan fingerprint density at radius 2 is 1.94 bits per heavy atom. The van der Waals surface area contributed by atoms with Crippen molar-refractivity contribution < 1.29 is 5.11 Å². The quantitative estimate of drug-likeness (QED) is 0.878.